The third kappa shape index (κ3) is 1.85. The Bertz CT molecular complexity index is 468. The van der Waals surface area contributed by atoms with Crippen molar-refractivity contribution in [1.82, 2.24) is 14.5 Å². The summed E-state index contributed by atoms with van der Waals surface area (Å²) in [5.41, 5.74) is 6.02. The predicted molar refractivity (Wildman–Crippen MR) is 59.0 cm³/mol. The number of aromatic nitrogens is 2. The molecule has 1 aromatic rings. The molecular weight excluding hydrogens is 228 g/mol. The third-order valence-corrected chi connectivity index (χ3v) is 4.76. The fourth-order valence-corrected chi connectivity index (χ4v) is 3.60. The van der Waals surface area contributed by atoms with Crippen LogP contribution in [-0.4, -0.2) is 36.0 Å². The zero-order valence-corrected chi connectivity index (χ0v) is 10.00. The molecule has 2 heterocycles. The van der Waals surface area contributed by atoms with Crippen LogP contribution in [0.5, 0.6) is 0 Å². The van der Waals surface area contributed by atoms with Crippen molar-refractivity contribution in [3.05, 3.63) is 11.8 Å². The van der Waals surface area contributed by atoms with Gasteiger partial charge in [-0.2, -0.15) is 9.40 Å². The lowest BCUT2D eigenvalue weighted by Crippen LogP contribution is -2.29. The van der Waals surface area contributed by atoms with E-state index in [9.17, 15) is 8.42 Å². The Labute approximate surface area is 94.9 Å². The van der Waals surface area contributed by atoms with Gasteiger partial charge in [-0.3, -0.25) is 5.10 Å². The summed E-state index contributed by atoms with van der Waals surface area (Å²) in [6.07, 6.45) is 2.37. The molecule has 16 heavy (non-hydrogen) atoms. The first-order valence-electron chi connectivity index (χ1n) is 5.28. The molecular formula is C9H16N4O2S. The van der Waals surface area contributed by atoms with Gasteiger partial charge in [-0.1, -0.05) is 6.92 Å². The van der Waals surface area contributed by atoms with Gasteiger partial charge in [-0.15, -0.1) is 0 Å². The minimum Gasteiger partial charge on any atom is -0.326 e. The smallest absolute Gasteiger partial charge is 0.260 e. The zero-order valence-electron chi connectivity index (χ0n) is 9.18. The second-order valence-electron chi connectivity index (χ2n) is 4.19. The molecule has 0 spiro atoms. The van der Waals surface area contributed by atoms with E-state index in [1.54, 1.807) is 0 Å². The van der Waals surface area contributed by atoms with Gasteiger partial charge in [0.15, 0.2) is 5.03 Å². The van der Waals surface area contributed by atoms with Crippen LogP contribution in [0.1, 0.15) is 18.9 Å². The van der Waals surface area contributed by atoms with Gasteiger partial charge in [0.25, 0.3) is 10.0 Å². The van der Waals surface area contributed by atoms with Crippen LogP contribution in [0.2, 0.25) is 0 Å². The second-order valence-corrected chi connectivity index (χ2v) is 6.06. The summed E-state index contributed by atoms with van der Waals surface area (Å²) in [4.78, 5) is 0. The molecule has 1 fully saturated rings. The highest BCUT2D eigenvalue weighted by atomic mass is 32.2. The van der Waals surface area contributed by atoms with Crippen molar-refractivity contribution in [1.29, 1.82) is 0 Å². The molecule has 1 aliphatic heterocycles. The molecule has 1 saturated heterocycles. The van der Waals surface area contributed by atoms with Gasteiger partial charge < -0.3 is 5.73 Å². The van der Waals surface area contributed by atoms with E-state index in [1.165, 1.54) is 10.5 Å². The SMILES string of the molecule is CC1CCN(S(=O)(=O)c2[nH]ncc2CN)C1. The lowest BCUT2D eigenvalue weighted by Gasteiger charge is -2.15. The van der Waals surface area contributed by atoms with E-state index in [1.807, 2.05) is 6.92 Å². The van der Waals surface area contributed by atoms with E-state index in [0.29, 0.717) is 24.6 Å². The first-order chi connectivity index (χ1) is 7.55. The van der Waals surface area contributed by atoms with E-state index in [-0.39, 0.29) is 11.6 Å². The summed E-state index contributed by atoms with van der Waals surface area (Å²) in [6, 6.07) is 0. The lowest BCUT2D eigenvalue weighted by atomic mass is 10.2. The highest BCUT2D eigenvalue weighted by Crippen LogP contribution is 2.24. The first kappa shape index (κ1) is 11.6. The summed E-state index contributed by atoms with van der Waals surface area (Å²) in [7, 11) is -3.44. The van der Waals surface area contributed by atoms with Crippen LogP contribution >= 0.6 is 0 Å². The monoisotopic (exact) mass is 244 g/mol. The standard InChI is InChI=1S/C9H16N4O2S/c1-7-2-3-13(6-7)16(14,15)9-8(4-10)5-11-12-9/h5,7H,2-4,6,10H2,1H3,(H,11,12). The summed E-state index contributed by atoms with van der Waals surface area (Å²) >= 11 is 0. The maximum absolute atomic E-state index is 12.2. The van der Waals surface area contributed by atoms with Crippen LogP contribution in [0.25, 0.3) is 0 Å². The number of nitrogens with two attached hydrogens (primary N) is 1. The quantitative estimate of drug-likeness (QED) is 0.776. The number of nitrogens with one attached hydrogen (secondary N) is 1. The van der Waals surface area contributed by atoms with Gasteiger partial charge in [0.05, 0.1) is 6.20 Å². The Morgan fingerprint density at radius 1 is 1.69 bits per heavy atom. The number of hydrogen-bond donors (Lipinski definition) is 2. The van der Waals surface area contributed by atoms with Gasteiger partial charge in [0.2, 0.25) is 0 Å². The average molecular weight is 244 g/mol. The minimum atomic E-state index is -3.44. The van der Waals surface area contributed by atoms with Gasteiger partial charge in [-0.25, -0.2) is 8.42 Å². The number of nitrogens with zero attached hydrogens (tertiary/aromatic N) is 2. The average Bonchev–Trinajstić information content (AvgIpc) is 2.85. The first-order valence-corrected chi connectivity index (χ1v) is 6.72. The topological polar surface area (TPSA) is 92.1 Å². The molecule has 1 aliphatic rings. The molecule has 7 heteroatoms. The van der Waals surface area contributed by atoms with Crippen molar-refractivity contribution in [2.75, 3.05) is 13.1 Å². The highest BCUT2D eigenvalue weighted by Gasteiger charge is 2.32. The normalized spacial score (nSPS) is 22.8. The van der Waals surface area contributed by atoms with Crippen LogP contribution in [0.4, 0.5) is 0 Å². The fourth-order valence-electron chi connectivity index (χ4n) is 1.91. The summed E-state index contributed by atoms with van der Waals surface area (Å²) in [5, 5.41) is 6.41. The van der Waals surface area contributed by atoms with Gasteiger partial charge in [-0.05, 0) is 12.3 Å². The Kier molecular flexibility index (Phi) is 3.00. The van der Waals surface area contributed by atoms with E-state index in [4.69, 9.17) is 5.73 Å². The van der Waals surface area contributed by atoms with Crippen molar-refractivity contribution < 1.29 is 8.42 Å². The Morgan fingerprint density at radius 2 is 2.44 bits per heavy atom. The van der Waals surface area contributed by atoms with Crippen LogP contribution in [0.3, 0.4) is 0 Å². The minimum absolute atomic E-state index is 0.143. The molecule has 3 N–H and O–H groups in total. The Hall–Kier alpha value is -0.920. The predicted octanol–water partition coefficient (Wildman–Crippen LogP) is -0.101. The van der Waals surface area contributed by atoms with Crippen LogP contribution in [0, 0.1) is 5.92 Å². The molecule has 0 aliphatic carbocycles. The Balaban J connectivity index is 2.32. The van der Waals surface area contributed by atoms with Gasteiger partial charge in [0, 0.05) is 25.2 Å². The maximum Gasteiger partial charge on any atom is 0.260 e. The zero-order chi connectivity index (χ0) is 11.8. The highest BCUT2D eigenvalue weighted by molar-refractivity contribution is 7.89. The number of hydrogen-bond acceptors (Lipinski definition) is 4. The Morgan fingerprint density at radius 3 is 3.00 bits per heavy atom. The van der Waals surface area contributed by atoms with E-state index < -0.39 is 10.0 Å². The molecule has 6 nitrogen and oxygen atoms in total. The fraction of sp³-hybridized carbons (Fsp3) is 0.667. The van der Waals surface area contributed by atoms with Gasteiger partial charge >= 0.3 is 0 Å². The van der Waals surface area contributed by atoms with Crippen molar-refractivity contribution in [3.63, 3.8) is 0 Å². The van der Waals surface area contributed by atoms with Crippen molar-refractivity contribution in [2.24, 2.45) is 11.7 Å². The number of H-pyrrole nitrogens is 1. The second kappa shape index (κ2) is 4.15. The van der Waals surface area contributed by atoms with Crippen LogP contribution in [0.15, 0.2) is 11.2 Å². The lowest BCUT2D eigenvalue weighted by molar-refractivity contribution is 0.460. The van der Waals surface area contributed by atoms with Crippen LogP contribution < -0.4 is 5.73 Å². The van der Waals surface area contributed by atoms with Crippen LogP contribution in [-0.2, 0) is 16.6 Å². The molecule has 1 unspecified atom stereocenters. The third-order valence-electron chi connectivity index (χ3n) is 2.88. The molecule has 0 aromatic carbocycles. The molecule has 0 bridgehead atoms. The molecule has 0 amide bonds. The van der Waals surface area contributed by atoms with E-state index in [2.05, 4.69) is 10.2 Å². The van der Waals surface area contributed by atoms with Gasteiger partial charge in [0.1, 0.15) is 0 Å². The van der Waals surface area contributed by atoms with E-state index >= 15 is 0 Å². The summed E-state index contributed by atoms with van der Waals surface area (Å²) < 4.78 is 25.9. The van der Waals surface area contributed by atoms with Crippen molar-refractivity contribution in [2.45, 2.75) is 24.9 Å². The summed E-state index contributed by atoms with van der Waals surface area (Å²) in [6.45, 7) is 3.37. The van der Waals surface area contributed by atoms with E-state index in [0.717, 1.165) is 6.42 Å². The molecule has 0 radical (unpaired) electrons. The van der Waals surface area contributed by atoms with Crippen molar-refractivity contribution in [3.8, 4) is 0 Å². The number of rotatable bonds is 3. The molecule has 90 valence electrons. The molecule has 1 aromatic heterocycles. The number of sulfonamides is 1. The molecule has 0 saturated carbocycles. The maximum atomic E-state index is 12.2. The summed E-state index contributed by atoms with van der Waals surface area (Å²) in [5.74, 6) is 0.416. The molecule has 2 rings (SSSR count). The largest absolute Gasteiger partial charge is 0.326 e. The van der Waals surface area contributed by atoms with Crippen molar-refractivity contribution >= 4 is 10.0 Å². The molecule has 1 atom stereocenters. The number of aromatic amines is 1.